The summed E-state index contributed by atoms with van der Waals surface area (Å²) in [6, 6.07) is 14.7. The largest absolute Gasteiger partial charge is 0.387 e. The molecule has 0 fully saturated rings. The Morgan fingerprint density at radius 1 is 0.941 bits per heavy atom. The lowest BCUT2D eigenvalue weighted by Gasteiger charge is -2.12. The summed E-state index contributed by atoms with van der Waals surface area (Å²) in [5.74, 6) is -0.678. The van der Waals surface area contributed by atoms with E-state index in [1.54, 1.807) is 0 Å². The summed E-state index contributed by atoms with van der Waals surface area (Å²) >= 11 is 0. The van der Waals surface area contributed by atoms with Crippen molar-refractivity contribution in [3.8, 4) is 5.75 Å². The average Bonchev–Trinajstić information content (AvgIpc) is 2.82. The van der Waals surface area contributed by atoms with Gasteiger partial charge in [-0.05, 0) is 48.0 Å². The third-order valence-electron chi connectivity index (χ3n) is 4.58. The summed E-state index contributed by atoms with van der Waals surface area (Å²) < 4.78 is 29.7. The number of nitro benzene ring substituents is 2. The molecule has 0 radical (unpaired) electrons. The summed E-state index contributed by atoms with van der Waals surface area (Å²) in [6.07, 6.45) is -1.10. The molecular formula is C21H17N3O9S. The van der Waals surface area contributed by atoms with Gasteiger partial charge >= 0.3 is 10.1 Å². The third-order valence-corrected chi connectivity index (χ3v) is 5.83. The molecule has 13 heteroatoms. The van der Waals surface area contributed by atoms with Gasteiger partial charge in [0.15, 0.2) is 0 Å². The van der Waals surface area contributed by atoms with Crippen LogP contribution < -0.4 is 9.50 Å². The van der Waals surface area contributed by atoms with Crippen molar-refractivity contribution in [1.29, 1.82) is 0 Å². The number of nitrogens with zero attached hydrogens (tertiary/aromatic N) is 2. The van der Waals surface area contributed by atoms with Gasteiger partial charge in [-0.25, -0.2) is 0 Å². The van der Waals surface area contributed by atoms with E-state index in [1.165, 1.54) is 54.6 Å². The minimum Gasteiger partial charge on any atom is -0.387 e. The molecule has 0 aromatic heterocycles. The molecule has 0 saturated heterocycles. The van der Waals surface area contributed by atoms with Crippen molar-refractivity contribution >= 4 is 27.4 Å². The molecule has 0 aliphatic rings. The first-order valence-electron chi connectivity index (χ1n) is 9.56. The van der Waals surface area contributed by atoms with Gasteiger partial charge in [-0.3, -0.25) is 25.0 Å². The van der Waals surface area contributed by atoms with Crippen LogP contribution in [0.3, 0.4) is 0 Å². The molecule has 12 nitrogen and oxygen atoms in total. The fourth-order valence-corrected chi connectivity index (χ4v) is 3.79. The highest BCUT2D eigenvalue weighted by atomic mass is 32.2. The molecule has 0 heterocycles. The van der Waals surface area contributed by atoms with Crippen LogP contribution in [-0.4, -0.2) is 35.8 Å². The molecule has 3 aromatic carbocycles. The Balaban J connectivity index is 1.61. The predicted octanol–water partition coefficient (Wildman–Crippen LogP) is 2.73. The van der Waals surface area contributed by atoms with Gasteiger partial charge in [0.25, 0.3) is 17.3 Å². The molecule has 1 amide bonds. The SMILES string of the molecule is O=C(NCC(O)c1ccc([N+](=O)[O-])cc1)c1ccc(OS(=O)(=O)c2cccc([N+](=O)[O-])c2)cc1. The zero-order valence-corrected chi connectivity index (χ0v) is 18.0. The Kier molecular flexibility index (Phi) is 7.18. The van der Waals surface area contributed by atoms with Gasteiger partial charge in [0.1, 0.15) is 10.6 Å². The van der Waals surface area contributed by atoms with Crippen LogP contribution in [0.4, 0.5) is 11.4 Å². The molecule has 176 valence electrons. The number of nitrogens with one attached hydrogen (secondary N) is 1. The lowest BCUT2D eigenvalue weighted by Crippen LogP contribution is -2.28. The van der Waals surface area contributed by atoms with Crippen LogP contribution in [0.1, 0.15) is 22.0 Å². The highest BCUT2D eigenvalue weighted by molar-refractivity contribution is 7.87. The van der Waals surface area contributed by atoms with Crippen molar-refractivity contribution in [3.63, 3.8) is 0 Å². The number of hydrogen-bond acceptors (Lipinski definition) is 9. The van der Waals surface area contributed by atoms with Crippen LogP contribution >= 0.6 is 0 Å². The monoisotopic (exact) mass is 487 g/mol. The van der Waals surface area contributed by atoms with Crippen LogP contribution in [-0.2, 0) is 10.1 Å². The van der Waals surface area contributed by atoms with Gasteiger partial charge in [0.05, 0.1) is 16.0 Å². The van der Waals surface area contributed by atoms with E-state index < -0.39 is 42.6 Å². The van der Waals surface area contributed by atoms with Crippen molar-refractivity contribution in [2.24, 2.45) is 0 Å². The minimum absolute atomic E-state index is 0.117. The highest BCUT2D eigenvalue weighted by Gasteiger charge is 2.20. The predicted molar refractivity (Wildman–Crippen MR) is 118 cm³/mol. The van der Waals surface area contributed by atoms with Crippen LogP contribution in [0.15, 0.2) is 77.7 Å². The van der Waals surface area contributed by atoms with E-state index in [-0.39, 0.29) is 23.5 Å². The minimum atomic E-state index is -4.34. The Labute approximate surface area is 192 Å². The van der Waals surface area contributed by atoms with E-state index in [9.17, 15) is 38.5 Å². The molecule has 2 N–H and O–H groups in total. The normalized spacial score (nSPS) is 11.9. The fourth-order valence-electron chi connectivity index (χ4n) is 2.82. The van der Waals surface area contributed by atoms with Gasteiger partial charge in [0.2, 0.25) is 0 Å². The maximum absolute atomic E-state index is 12.4. The zero-order valence-electron chi connectivity index (χ0n) is 17.2. The number of carbonyl (C=O) groups excluding carboxylic acids is 1. The summed E-state index contributed by atoms with van der Waals surface area (Å²) in [6.45, 7) is -0.171. The number of aliphatic hydroxyl groups is 1. The number of rotatable bonds is 9. The van der Waals surface area contributed by atoms with Crippen molar-refractivity contribution in [1.82, 2.24) is 5.32 Å². The first kappa shape index (κ1) is 24.3. The topological polar surface area (TPSA) is 179 Å². The quantitative estimate of drug-likeness (QED) is 0.261. The fraction of sp³-hybridized carbons (Fsp3) is 0.0952. The summed E-state index contributed by atoms with van der Waals surface area (Å²) in [5, 5.41) is 34.2. The van der Waals surface area contributed by atoms with Gasteiger partial charge in [0, 0.05) is 36.4 Å². The lowest BCUT2D eigenvalue weighted by atomic mass is 10.1. The van der Waals surface area contributed by atoms with Gasteiger partial charge in [-0.1, -0.05) is 6.07 Å². The molecule has 0 aliphatic carbocycles. The Bertz CT molecular complexity index is 1320. The number of benzene rings is 3. The number of non-ortho nitro benzene ring substituents is 2. The molecule has 0 saturated carbocycles. The second-order valence-electron chi connectivity index (χ2n) is 6.89. The first-order valence-corrected chi connectivity index (χ1v) is 11.0. The molecular weight excluding hydrogens is 470 g/mol. The van der Waals surface area contributed by atoms with Crippen LogP contribution in [0.5, 0.6) is 5.75 Å². The summed E-state index contributed by atoms with van der Waals surface area (Å²) in [5.41, 5.74) is -0.0144. The zero-order chi connectivity index (χ0) is 24.9. The van der Waals surface area contributed by atoms with E-state index in [0.717, 1.165) is 18.2 Å². The highest BCUT2D eigenvalue weighted by Crippen LogP contribution is 2.23. The molecule has 1 unspecified atom stereocenters. The number of amides is 1. The lowest BCUT2D eigenvalue weighted by molar-refractivity contribution is -0.385. The van der Waals surface area contributed by atoms with Gasteiger partial charge in [-0.2, -0.15) is 8.42 Å². The molecule has 0 aliphatic heterocycles. The third kappa shape index (κ3) is 5.90. The summed E-state index contributed by atoms with van der Waals surface area (Å²) in [7, 11) is -4.34. The standard InChI is InChI=1S/C21H17N3O9S/c25-20(14-4-8-16(9-5-14)23(27)28)13-22-21(26)15-6-10-18(11-7-15)33-34(31,32)19-3-1-2-17(12-19)24(29)30/h1-12,20,25H,13H2,(H,22,26). The maximum atomic E-state index is 12.4. The molecule has 1 atom stereocenters. The number of carbonyl (C=O) groups is 1. The van der Waals surface area contributed by atoms with Crippen molar-refractivity contribution in [2.75, 3.05) is 6.54 Å². The van der Waals surface area contributed by atoms with Crippen molar-refractivity contribution < 1.29 is 32.3 Å². The maximum Gasteiger partial charge on any atom is 0.339 e. The van der Waals surface area contributed by atoms with E-state index in [0.29, 0.717) is 5.56 Å². The molecule has 3 rings (SSSR count). The Morgan fingerprint density at radius 3 is 2.15 bits per heavy atom. The van der Waals surface area contributed by atoms with Crippen LogP contribution in [0.25, 0.3) is 0 Å². The Morgan fingerprint density at radius 2 is 1.56 bits per heavy atom. The van der Waals surface area contributed by atoms with E-state index in [2.05, 4.69) is 5.32 Å². The molecule has 0 spiro atoms. The first-order chi connectivity index (χ1) is 16.1. The summed E-state index contributed by atoms with van der Waals surface area (Å²) in [4.78, 5) is 32.1. The second-order valence-corrected chi connectivity index (χ2v) is 8.44. The smallest absolute Gasteiger partial charge is 0.339 e. The molecule has 0 bridgehead atoms. The van der Waals surface area contributed by atoms with E-state index in [1.807, 2.05) is 0 Å². The van der Waals surface area contributed by atoms with Gasteiger partial charge < -0.3 is 14.6 Å². The molecule has 3 aromatic rings. The van der Waals surface area contributed by atoms with Gasteiger partial charge in [-0.15, -0.1) is 0 Å². The number of aliphatic hydroxyl groups excluding tert-OH is 1. The average molecular weight is 487 g/mol. The second kappa shape index (κ2) is 10.1. The van der Waals surface area contributed by atoms with Crippen molar-refractivity contribution in [2.45, 2.75) is 11.0 Å². The van der Waals surface area contributed by atoms with E-state index >= 15 is 0 Å². The van der Waals surface area contributed by atoms with E-state index in [4.69, 9.17) is 4.18 Å². The molecule has 34 heavy (non-hydrogen) atoms. The van der Waals surface area contributed by atoms with Crippen LogP contribution in [0.2, 0.25) is 0 Å². The van der Waals surface area contributed by atoms with Crippen molar-refractivity contribution in [3.05, 3.63) is 104 Å². The number of nitro groups is 2. The Hall–Kier alpha value is -4.36. The number of hydrogen-bond donors (Lipinski definition) is 2. The van der Waals surface area contributed by atoms with Crippen LogP contribution in [0, 0.1) is 20.2 Å².